The number of alkyl halides is 3. The molecule has 1 aromatic heterocycles. The Hall–Kier alpha value is -1.01. The van der Waals surface area contributed by atoms with Gasteiger partial charge in [-0.2, -0.15) is 13.2 Å². The van der Waals surface area contributed by atoms with Crippen LogP contribution in [0.15, 0.2) is 16.5 Å². The highest BCUT2D eigenvalue weighted by molar-refractivity contribution is 5.05. The van der Waals surface area contributed by atoms with Crippen LogP contribution in [0.2, 0.25) is 0 Å². The van der Waals surface area contributed by atoms with Crippen molar-refractivity contribution in [2.75, 3.05) is 6.61 Å². The second kappa shape index (κ2) is 4.47. The smallest absolute Gasteiger partial charge is 0.411 e. The Bertz CT molecular complexity index is 282. The van der Waals surface area contributed by atoms with Crippen LogP contribution in [-0.2, 0) is 17.9 Å². The van der Waals surface area contributed by atoms with E-state index in [-0.39, 0.29) is 13.2 Å². The second-order valence-corrected chi connectivity index (χ2v) is 2.68. The van der Waals surface area contributed by atoms with Crippen LogP contribution in [0.3, 0.4) is 0 Å². The Morgan fingerprint density at radius 3 is 2.43 bits per heavy atom. The molecule has 0 saturated heterocycles. The van der Waals surface area contributed by atoms with Gasteiger partial charge in [0.25, 0.3) is 0 Å². The van der Waals surface area contributed by atoms with Gasteiger partial charge in [0.1, 0.15) is 24.7 Å². The average molecular weight is 209 g/mol. The van der Waals surface area contributed by atoms with Gasteiger partial charge >= 0.3 is 6.18 Å². The molecule has 80 valence electrons. The number of halogens is 3. The normalized spacial score (nSPS) is 12.0. The molecule has 6 heteroatoms. The lowest BCUT2D eigenvalue weighted by Gasteiger charge is -2.05. The minimum atomic E-state index is -4.30. The van der Waals surface area contributed by atoms with Gasteiger partial charge in [-0.3, -0.25) is 0 Å². The zero-order chi connectivity index (χ0) is 10.6. The van der Waals surface area contributed by atoms with E-state index in [4.69, 9.17) is 10.2 Å². The molecule has 0 aliphatic rings. The fraction of sp³-hybridized carbons (Fsp3) is 0.500. The summed E-state index contributed by atoms with van der Waals surface area (Å²) < 4.78 is 44.4. The molecule has 1 aromatic rings. The summed E-state index contributed by atoms with van der Waals surface area (Å²) in [5.74, 6) is 0.866. The molecule has 14 heavy (non-hydrogen) atoms. The maximum Gasteiger partial charge on any atom is 0.411 e. The Balaban J connectivity index is 2.31. The highest BCUT2D eigenvalue weighted by Crippen LogP contribution is 2.16. The van der Waals surface area contributed by atoms with Crippen molar-refractivity contribution >= 4 is 0 Å². The van der Waals surface area contributed by atoms with E-state index >= 15 is 0 Å². The van der Waals surface area contributed by atoms with Gasteiger partial charge in [-0.15, -0.1) is 0 Å². The standard InChI is InChI=1S/C8H10F3NO2/c9-8(10,11)5-13-4-7-2-1-6(3-12)14-7/h1-2H,3-5,12H2. The fourth-order valence-corrected chi connectivity index (χ4v) is 0.877. The van der Waals surface area contributed by atoms with E-state index in [1.165, 1.54) is 0 Å². The van der Waals surface area contributed by atoms with Crippen LogP contribution < -0.4 is 5.73 Å². The molecule has 0 amide bonds. The lowest BCUT2D eigenvalue weighted by Crippen LogP contribution is -2.16. The van der Waals surface area contributed by atoms with Crippen molar-refractivity contribution in [3.63, 3.8) is 0 Å². The fourth-order valence-electron chi connectivity index (χ4n) is 0.877. The van der Waals surface area contributed by atoms with Crippen LogP contribution in [0.5, 0.6) is 0 Å². The second-order valence-electron chi connectivity index (χ2n) is 2.68. The molecule has 0 fully saturated rings. The van der Waals surface area contributed by atoms with Crippen LogP contribution in [0.1, 0.15) is 11.5 Å². The van der Waals surface area contributed by atoms with E-state index in [1.807, 2.05) is 0 Å². The highest BCUT2D eigenvalue weighted by Gasteiger charge is 2.27. The number of ether oxygens (including phenoxy) is 1. The maximum absolute atomic E-state index is 11.7. The summed E-state index contributed by atoms with van der Waals surface area (Å²) in [6.45, 7) is -1.25. The minimum absolute atomic E-state index is 0.195. The summed E-state index contributed by atoms with van der Waals surface area (Å²) in [6.07, 6.45) is -4.30. The quantitative estimate of drug-likeness (QED) is 0.822. The van der Waals surface area contributed by atoms with Crippen molar-refractivity contribution in [1.29, 1.82) is 0 Å². The van der Waals surface area contributed by atoms with Crippen molar-refractivity contribution in [2.24, 2.45) is 5.73 Å². The molecule has 1 heterocycles. The zero-order valence-electron chi connectivity index (χ0n) is 7.30. The molecule has 0 radical (unpaired) electrons. The van der Waals surface area contributed by atoms with E-state index in [0.29, 0.717) is 11.5 Å². The molecule has 0 aliphatic heterocycles. The first-order valence-corrected chi connectivity index (χ1v) is 3.93. The predicted octanol–water partition coefficient (Wildman–Crippen LogP) is 1.82. The number of hydrogen-bond donors (Lipinski definition) is 1. The summed E-state index contributed by atoms with van der Waals surface area (Å²) in [7, 11) is 0. The van der Waals surface area contributed by atoms with Crippen molar-refractivity contribution in [3.05, 3.63) is 23.7 Å². The first kappa shape index (κ1) is 11.1. The van der Waals surface area contributed by atoms with Gasteiger partial charge < -0.3 is 14.9 Å². The van der Waals surface area contributed by atoms with Crippen molar-refractivity contribution in [3.8, 4) is 0 Å². The molecule has 3 nitrogen and oxygen atoms in total. The topological polar surface area (TPSA) is 48.4 Å². The van der Waals surface area contributed by atoms with Gasteiger partial charge in [0.05, 0.1) is 6.54 Å². The average Bonchev–Trinajstić information content (AvgIpc) is 2.50. The maximum atomic E-state index is 11.7. The van der Waals surface area contributed by atoms with Crippen LogP contribution in [-0.4, -0.2) is 12.8 Å². The van der Waals surface area contributed by atoms with Gasteiger partial charge in [0.15, 0.2) is 0 Å². The Morgan fingerprint density at radius 1 is 1.29 bits per heavy atom. The van der Waals surface area contributed by atoms with Gasteiger partial charge in [-0.05, 0) is 12.1 Å². The van der Waals surface area contributed by atoms with E-state index in [9.17, 15) is 13.2 Å². The van der Waals surface area contributed by atoms with Gasteiger partial charge in [0.2, 0.25) is 0 Å². The molecule has 0 saturated carbocycles. The Morgan fingerprint density at radius 2 is 1.93 bits per heavy atom. The molecule has 0 spiro atoms. The summed E-state index contributed by atoms with van der Waals surface area (Å²) in [4.78, 5) is 0. The Kier molecular flexibility index (Phi) is 3.54. The number of furan rings is 1. The van der Waals surface area contributed by atoms with Gasteiger partial charge in [-0.25, -0.2) is 0 Å². The van der Waals surface area contributed by atoms with E-state index < -0.39 is 12.8 Å². The Labute approximate surface area is 78.6 Å². The lowest BCUT2D eigenvalue weighted by atomic mass is 10.4. The van der Waals surface area contributed by atoms with Crippen LogP contribution in [0, 0.1) is 0 Å². The van der Waals surface area contributed by atoms with Gasteiger partial charge in [-0.1, -0.05) is 0 Å². The molecule has 2 N–H and O–H groups in total. The molecule has 0 aliphatic carbocycles. The number of hydrogen-bond acceptors (Lipinski definition) is 3. The highest BCUT2D eigenvalue weighted by atomic mass is 19.4. The summed E-state index contributed by atoms with van der Waals surface area (Å²) in [6, 6.07) is 3.14. The zero-order valence-corrected chi connectivity index (χ0v) is 7.30. The van der Waals surface area contributed by atoms with Crippen molar-refractivity contribution in [1.82, 2.24) is 0 Å². The van der Waals surface area contributed by atoms with Crippen molar-refractivity contribution in [2.45, 2.75) is 19.3 Å². The summed E-state index contributed by atoms with van der Waals surface area (Å²) in [5.41, 5.74) is 5.25. The predicted molar refractivity (Wildman–Crippen MR) is 42.3 cm³/mol. The van der Waals surface area contributed by atoms with Gasteiger partial charge in [0, 0.05) is 0 Å². The summed E-state index contributed by atoms with van der Waals surface area (Å²) >= 11 is 0. The van der Waals surface area contributed by atoms with Crippen molar-refractivity contribution < 1.29 is 22.3 Å². The SMILES string of the molecule is NCc1ccc(COCC(F)(F)F)o1. The lowest BCUT2D eigenvalue weighted by molar-refractivity contribution is -0.177. The van der Waals surface area contributed by atoms with Crippen LogP contribution in [0.4, 0.5) is 13.2 Å². The molecule has 0 unspecified atom stereocenters. The molecule has 1 rings (SSSR count). The first-order valence-electron chi connectivity index (χ1n) is 3.93. The molecule has 0 aromatic carbocycles. The van der Waals surface area contributed by atoms with E-state index in [1.54, 1.807) is 12.1 Å². The molecular weight excluding hydrogens is 199 g/mol. The number of nitrogens with two attached hydrogens (primary N) is 1. The molecular formula is C8H10F3NO2. The number of rotatable bonds is 4. The summed E-state index contributed by atoms with van der Waals surface area (Å²) in [5, 5.41) is 0. The minimum Gasteiger partial charge on any atom is -0.462 e. The van der Waals surface area contributed by atoms with E-state index in [0.717, 1.165) is 0 Å². The molecule has 0 bridgehead atoms. The third kappa shape index (κ3) is 3.80. The third-order valence-corrected chi connectivity index (χ3v) is 1.43. The largest absolute Gasteiger partial charge is 0.462 e. The monoisotopic (exact) mass is 209 g/mol. The van der Waals surface area contributed by atoms with E-state index in [2.05, 4.69) is 4.74 Å². The third-order valence-electron chi connectivity index (χ3n) is 1.43. The molecule has 0 atom stereocenters. The first-order chi connectivity index (χ1) is 6.51. The van der Waals surface area contributed by atoms with Crippen LogP contribution >= 0.6 is 0 Å². The van der Waals surface area contributed by atoms with Crippen LogP contribution in [0.25, 0.3) is 0 Å².